The van der Waals surface area contributed by atoms with E-state index in [-0.39, 0.29) is 30.0 Å². The second kappa shape index (κ2) is 8.06. The maximum Gasteiger partial charge on any atom is 0.291 e. The number of carbonyl (C=O) groups is 2. The van der Waals surface area contributed by atoms with Gasteiger partial charge < -0.3 is 19.5 Å². The van der Waals surface area contributed by atoms with E-state index in [2.05, 4.69) is 26.6 Å². The molecule has 28 heavy (non-hydrogen) atoms. The first kappa shape index (κ1) is 18.6. The number of aryl methyl sites for hydroxylation is 1. The minimum Gasteiger partial charge on any atom is -0.469 e. The van der Waals surface area contributed by atoms with Crippen molar-refractivity contribution < 1.29 is 18.4 Å². The molecule has 1 aromatic carbocycles. The Hall–Kier alpha value is -2.80. The molecule has 0 saturated heterocycles. The van der Waals surface area contributed by atoms with Crippen molar-refractivity contribution in [3.63, 3.8) is 0 Å². The number of nitrogens with one attached hydrogen (secondary N) is 2. The van der Waals surface area contributed by atoms with E-state index in [9.17, 15) is 9.59 Å². The van der Waals surface area contributed by atoms with E-state index in [0.29, 0.717) is 10.4 Å². The molecule has 2 amide bonds. The van der Waals surface area contributed by atoms with Gasteiger partial charge in [0.25, 0.3) is 5.91 Å². The number of halogens is 1. The third kappa shape index (κ3) is 4.20. The Bertz CT molecular complexity index is 990. The first-order valence-electron chi connectivity index (χ1n) is 9.10. The Kier molecular flexibility index (Phi) is 5.34. The summed E-state index contributed by atoms with van der Waals surface area (Å²) < 4.78 is 11.2. The van der Waals surface area contributed by atoms with Crippen molar-refractivity contribution in [3.8, 4) is 0 Å². The Balaban J connectivity index is 1.33. The lowest BCUT2D eigenvalue weighted by Crippen LogP contribution is -2.31. The first-order chi connectivity index (χ1) is 13.6. The summed E-state index contributed by atoms with van der Waals surface area (Å²) in [4.78, 5) is 24.5. The van der Waals surface area contributed by atoms with Crippen molar-refractivity contribution >= 4 is 33.4 Å². The van der Waals surface area contributed by atoms with Crippen molar-refractivity contribution in [2.24, 2.45) is 0 Å². The van der Waals surface area contributed by atoms with Gasteiger partial charge in [0.1, 0.15) is 5.76 Å². The summed E-state index contributed by atoms with van der Waals surface area (Å²) in [6.07, 6.45) is 4.82. The number of fused-ring (bicyclic) bond motifs is 1. The van der Waals surface area contributed by atoms with Crippen LogP contribution < -0.4 is 10.6 Å². The van der Waals surface area contributed by atoms with E-state index in [1.54, 1.807) is 30.5 Å². The number of rotatable bonds is 5. The van der Waals surface area contributed by atoms with E-state index in [1.807, 2.05) is 18.2 Å². The number of furan rings is 2. The SMILES string of the molecule is O=C(Cc1ccc(NC(=O)c2ccc(Br)o2)cc1)NC1CCCc2occc21. The molecule has 1 aliphatic rings. The maximum atomic E-state index is 12.4. The van der Waals surface area contributed by atoms with Gasteiger partial charge in [0, 0.05) is 17.7 Å². The van der Waals surface area contributed by atoms with Gasteiger partial charge in [-0.2, -0.15) is 0 Å². The Labute approximate surface area is 170 Å². The van der Waals surface area contributed by atoms with Gasteiger partial charge in [-0.1, -0.05) is 12.1 Å². The van der Waals surface area contributed by atoms with Crippen molar-refractivity contribution in [2.75, 3.05) is 5.32 Å². The third-order valence-corrected chi connectivity index (χ3v) is 5.19. The molecule has 4 rings (SSSR count). The van der Waals surface area contributed by atoms with Crippen LogP contribution in [0.1, 0.15) is 46.3 Å². The van der Waals surface area contributed by atoms with Crippen LogP contribution in [0.4, 0.5) is 5.69 Å². The second-order valence-electron chi connectivity index (χ2n) is 6.74. The van der Waals surface area contributed by atoms with Crippen LogP contribution in [-0.4, -0.2) is 11.8 Å². The summed E-state index contributed by atoms with van der Waals surface area (Å²) in [7, 11) is 0. The number of benzene rings is 1. The third-order valence-electron chi connectivity index (χ3n) is 4.76. The predicted molar refractivity (Wildman–Crippen MR) is 107 cm³/mol. The summed E-state index contributed by atoms with van der Waals surface area (Å²) in [6.45, 7) is 0. The molecule has 2 heterocycles. The molecule has 1 aliphatic carbocycles. The summed E-state index contributed by atoms with van der Waals surface area (Å²) in [5.74, 6) is 0.835. The van der Waals surface area contributed by atoms with Gasteiger partial charge in [-0.25, -0.2) is 0 Å². The fraction of sp³-hybridized carbons (Fsp3) is 0.238. The van der Waals surface area contributed by atoms with Gasteiger partial charge in [-0.3, -0.25) is 9.59 Å². The minimum absolute atomic E-state index is 0.0150. The number of anilines is 1. The molecule has 3 aromatic rings. The van der Waals surface area contributed by atoms with Gasteiger partial charge in [0.2, 0.25) is 5.91 Å². The average Bonchev–Trinajstić information content (AvgIpc) is 3.33. The molecule has 0 bridgehead atoms. The zero-order valence-electron chi connectivity index (χ0n) is 15.0. The summed E-state index contributed by atoms with van der Waals surface area (Å²) >= 11 is 3.17. The van der Waals surface area contributed by atoms with Gasteiger partial charge in [-0.05, 0) is 64.7 Å². The lowest BCUT2D eigenvalue weighted by atomic mass is 9.93. The zero-order valence-corrected chi connectivity index (χ0v) is 16.6. The number of carbonyl (C=O) groups excluding carboxylic acids is 2. The number of hydrogen-bond donors (Lipinski definition) is 2. The monoisotopic (exact) mass is 442 g/mol. The van der Waals surface area contributed by atoms with E-state index in [0.717, 1.165) is 36.1 Å². The van der Waals surface area contributed by atoms with E-state index in [4.69, 9.17) is 8.83 Å². The number of hydrogen-bond acceptors (Lipinski definition) is 4. The van der Waals surface area contributed by atoms with Crippen LogP contribution in [0.15, 0.2) is 62.2 Å². The smallest absolute Gasteiger partial charge is 0.291 e. The molecule has 2 N–H and O–H groups in total. The van der Waals surface area contributed by atoms with Crippen molar-refractivity contribution in [3.05, 3.63) is 76.0 Å². The highest BCUT2D eigenvalue weighted by Crippen LogP contribution is 2.30. The van der Waals surface area contributed by atoms with Crippen molar-refractivity contribution in [1.82, 2.24) is 5.32 Å². The second-order valence-corrected chi connectivity index (χ2v) is 7.52. The molecular formula is C21H19BrN2O4. The molecule has 1 unspecified atom stereocenters. The summed E-state index contributed by atoms with van der Waals surface area (Å²) in [5, 5.41) is 5.86. The fourth-order valence-corrected chi connectivity index (χ4v) is 3.71. The summed E-state index contributed by atoms with van der Waals surface area (Å²) in [5.41, 5.74) is 2.60. The Morgan fingerprint density at radius 1 is 1.11 bits per heavy atom. The van der Waals surface area contributed by atoms with Crippen molar-refractivity contribution in [2.45, 2.75) is 31.7 Å². The van der Waals surface area contributed by atoms with Gasteiger partial charge in [0.05, 0.1) is 18.7 Å². The average molecular weight is 443 g/mol. The molecule has 0 fully saturated rings. The minimum atomic E-state index is -0.329. The highest BCUT2D eigenvalue weighted by molar-refractivity contribution is 9.10. The largest absolute Gasteiger partial charge is 0.469 e. The van der Waals surface area contributed by atoms with E-state index < -0.39 is 0 Å². The molecule has 0 saturated carbocycles. The van der Waals surface area contributed by atoms with Crippen LogP contribution in [0.3, 0.4) is 0 Å². The lowest BCUT2D eigenvalue weighted by Gasteiger charge is -2.22. The van der Waals surface area contributed by atoms with Crippen LogP contribution in [0.5, 0.6) is 0 Å². The molecule has 7 heteroatoms. The predicted octanol–water partition coefficient (Wildman–Crippen LogP) is 4.62. The van der Waals surface area contributed by atoms with Gasteiger partial charge >= 0.3 is 0 Å². The highest BCUT2D eigenvalue weighted by atomic mass is 79.9. The maximum absolute atomic E-state index is 12.4. The van der Waals surface area contributed by atoms with Crippen LogP contribution in [0.2, 0.25) is 0 Å². The molecule has 2 aromatic heterocycles. The molecular weight excluding hydrogens is 424 g/mol. The Morgan fingerprint density at radius 3 is 2.68 bits per heavy atom. The normalized spacial score (nSPS) is 15.7. The molecule has 1 atom stereocenters. The lowest BCUT2D eigenvalue weighted by molar-refractivity contribution is -0.121. The molecule has 0 aliphatic heterocycles. The Morgan fingerprint density at radius 2 is 1.93 bits per heavy atom. The topological polar surface area (TPSA) is 84.5 Å². The number of amides is 2. The van der Waals surface area contributed by atoms with Gasteiger partial charge in [0.15, 0.2) is 10.4 Å². The molecule has 0 radical (unpaired) electrons. The molecule has 0 spiro atoms. The van der Waals surface area contributed by atoms with Crippen LogP contribution in [0, 0.1) is 0 Å². The molecule has 6 nitrogen and oxygen atoms in total. The van der Waals surface area contributed by atoms with Crippen LogP contribution in [-0.2, 0) is 17.6 Å². The first-order valence-corrected chi connectivity index (χ1v) is 9.89. The van der Waals surface area contributed by atoms with Gasteiger partial charge in [-0.15, -0.1) is 0 Å². The van der Waals surface area contributed by atoms with Crippen LogP contribution in [0.25, 0.3) is 0 Å². The quantitative estimate of drug-likeness (QED) is 0.603. The van der Waals surface area contributed by atoms with Crippen molar-refractivity contribution in [1.29, 1.82) is 0 Å². The summed E-state index contributed by atoms with van der Waals surface area (Å²) in [6, 6.07) is 12.4. The highest BCUT2D eigenvalue weighted by Gasteiger charge is 2.24. The van der Waals surface area contributed by atoms with E-state index in [1.165, 1.54) is 0 Å². The van der Waals surface area contributed by atoms with Crippen LogP contribution >= 0.6 is 15.9 Å². The zero-order chi connectivity index (χ0) is 19.5. The van der Waals surface area contributed by atoms with E-state index >= 15 is 0 Å². The standard InChI is InChI=1S/C21H19BrN2O4/c22-19-9-8-18(28-19)21(26)23-14-6-4-13(5-7-14)12-20(25)24-16-2-1-3-17-15(16)10-11-27-17/h4-11,16H,1-3,12H2,(H,23,26)(H,24,25). The molecule has 144 valence electrons. The fourth-order valence-electron chi connectivity index (χ4n) is 3.40.